The summed E-state index contributed by atoms with van der Waals surface area (Å²) in [5.41, 5.74) is 1.80. The molecule has 0 radical (unpaired) electrons. The molecule has 2 nitrogen and oxygen atoms in total. The van der Waals surface area contributed by atoms with Gasteiger partial charge in [-0.15, -0.1) is 0 Å². The maximum atomic E-state index is 10.7. The molecule has 0 aromatic carbocycles. The summed E-state index contributed by atoms with van der Waals surface area (Å²) in [5, 5.41) is 10.7. The van der Waals surface area contributed by atoms with E-state index in [1.165, 1.54) is 44.1 Å². The molecule has 1 N–H and O–H groups in total. The van der Waals surface area contributed by atoms with Crippen LogP contribution in [-0.4, -0.2) is 22.9 Å². The minimum atomic E-state index is -0.475. The van der Waals surface area contributed by atoms with Crippen molar-refractivity contribution in [2.45, 2.75) is 89.9 Å². The van der Waals surface area contributed by atoms with E-state index in [1.54, 1.807) is 0 Å². The summed E-state index contributed by atoms with van der Waals surface area (Å²) in [6.07, 6.45) is 10.4. The zero-order valence-electron chi connectivity index (χ0n) is 15.7. The van der Waals surface area contributed by atoms with Gasteiger partial charge in [-0.1, -0.05) is 19.1 Å². The Morgan fingerprint density at radius 1 is 1.08 bits per heavy atom. The van der Waals surface area contributed by atoms with Crippen LogP contribution < -0.4 is 0 Å². The van der Waals surface area contributed by atoms with Crippen LogP contribution in [0, 0.1) is 34.5 Å². The van der Waals surface area contributed by atoms with Crippen molar-refractivity contribution >= 4 is 0 Å². The van der Waals surface area contributed by atoms with Crippen LogP contribution in [0.3, 0.4) is 0 Å². The molecule has 5 rings (SSSR count). The van der Waals surface area contributed by atoms with E-state index < -0.39 is 5.60 Å². The highest BCUT2D eigenvalue weighted by atomic mass is 16.5. The lowest BCUT2D eigenvalue weighted by Gasteiger charge is -2.60. The summed E-state index contributed by atoms with van der Waals surface area (Å²) in [7, 11) is 0. The summed E-state index contributed by atoms with van der Waals surface area (Å²) >= 11 is 0. The minimum absolute atomic E-state index is 0.348. The molecule has 4 aliphatic carbocycles. The molecule has 1 aliphatic heterocycles. The van der Waals surface area contributed by atoms with E-state index in [0.29, 0.717) is 29.0 Å². The summed E-state index contributed by atoms with van der Waals surface area (Å²) in [6, 6.07) is 0. The van der Waals surface area contributed by atoms with Gasteiger partial charge in [0.15, 0.2) is 0 Å². The Balaban J connectivity index is 1.55. The average Bonchev–Trinajstić information content (AvgIpc) is 2.91. The average molecular weight is 331 g/mol. The minimum Gasteiger partial charge on any atom is -0.390 e. The van der Waals surface area contributed by atoms with E-state index in [2.05, 4.69) is 27.4 Å². The quantitative estimate of drug-likeness (QED) is 0.652. The molecule has 0 aromatic rings. The van der Waals surface area contributed by atoms with Crippen LogP contribution >= 0.6 is 0 Å². The fourth-order valence-electron chi connectivity index (χ4n) is 8.34. The fourth-order valence-corrected chi connectivity index (χ4v) is 8.34. The predicted octanol–water partition coefficient (Wildman–Crippen LogP) is 4.71. The molecule has 2 unspecified atom stereocenters. The molecular formula is C22H34O2. The number of rotatable bonds is 0. The summed E-state index contributed by atoms with van der Waals surface area (Å²) in [5.74, 6) is 3.07. The third kappa shape index (κ3) is 1.75. The summed E-state index contributed by atoms with van der Waals surface area (Å²) in [4.78, 5) is 0. The maximum absolute atomic E-state index is 10.7. The Bertz CT molecular complexity index is 581. The van der Waals surface area contributed by atoms with Crippen LogP contribution in [0.5, 0.6) is 0 Å². The smallest absolute Gasteiger partial charge is 0.0623 e. The molecule has 5 fully saturated rings. The Labute approximate surface area is 147 Å². The second kappa shape index (κ2) is 4.68. The van der Waals surface area contributed by atoms with Crippen LogP contribution in [0.1, 0.15) is 72.1 Å². The van der Waals surface area contributed by atoms with Gasteiger partial charge in [-0.2, -0.15) is 0 Å². The predicted molar refractivity (Wildman–Crippen MR) is 95.5 cm³/mol. The van der Waals surface area contributed by atoms with Crippen molar-refractivity contribution in [1.82, 2.24) is 0 Å². The van der Waals surface area contributed by atoms with Gasteiger partial charge < -0.3 is 9.84 Å². The zero-order valence-corrected chi connectivity index (χ0v) is 15.7. The van der Waals surface area contributed by atoms with Crippen molar-refractivity contribution in [2.75, 3.05) is 0 Å². The molecule has 1 saturated heterocycles. The first kappa shape index (κ1) is 15.9. The van der Waals surface area contributed by atoms with Crippen LogP contribution in [0.4, 0.5) is 0 Å². The van der Waals surface area contributed by atoms with E-state index in [0.717, 1.165) is 30.6 Å². The molecule has 24 heavy (non-hydrogen) atoms. The highest BCUT2D eigenvalue weighted by Crippen LogP contribution is 2.71. The van der Waals surface area contributed by atoms with Gasteiger partial charge in [-0.25, -0.2) is 0 Å². The van der Waals surface area contributed by atoms with E-state index >= 15 is 0 Å². The Morgan fingerprint density at radius 2 is 1.88 bits per heavy atom. The standard InChI is InChI=1S/C22H34O2/c1-13-5-6-16-15-11-19-18-12-20(3,23)9-10-22(18,14(2)24-19)17(15)7-8-21(13,16)4/h14-19,23H,1,5-12H2,2-4H3/t14-,15+,16+,17?,18?,19-,20-,21-,22+/m1/s1. The molecule has 4 saturated carbocycles. The van der Waals surface area contributed by atoms with Gasteiger partial charge in [0.25, 0.3) is 0 Å². The van der Waals surface area contributed by atoms with E-state index in [1.807, 2.05) is 0 Å². The van der Waals surface area contributed by atoms with Crippen molar-refractivity contribution in [1.29, 1.82) is 0 Å². The zero-order chi connectivity index (χ0) is 16.9. The van der Waals surface area contributed by atoms with Gasteiger partial charge in [0.1, 0.15) is 0 Å². The first-order valence-corrected chi connectivity index (χ1v) is 10.3. The van der Waals surface area contributed by atoms with Crippen molar-refractivity contribution < 1.29 is 9.84 Å². The third-order valence-electron chi connectivity index (χ3n) is 9.62. The van der Waals surface area contributed by atoms with Crippen LogP contribution in [0.2, 0.25) is 0 Å². The lowest BCUT2D eigenvalue weighted by Crippen LogP contribution is -2.58. The number of allylic oxidation sites excluding steroid dienone is 1. The molecule has 5 aliphatic rings. The topological polar surface area (TPSA) is 29.5 Å². The lowest BCUT2D eigenvalue weighted by atomic mass is 9.43. The van der Waals surface area contributed by atoms with Crippen LogP contribution in [0.25, 0.3) is 0 Å². The Hall–Kier alpha value is -0.340. The fraction of sp³-hybridized carbons (Fsp3) is 0.909. The highest BCUT2D eigenvalue weighted by molar-refractivity contribution is 5.24. The molecule has 2 heteroatoms. The van der Waals surface area contributed by atoms with E-state index in [4.69, 9.17) is 4.74 Å². The second-order valence-corrected chi connectivity index (χ2v) is 10.4. The van der Waals surface area contributed by atoms with E-state index in [-0.39, 0.29) is 0 Å². The molecule has 2 bridgehead atoms. The highest BCUT2D eigenvalue weighted by Gasteiger charge is 2.68. The molecule has 1 heterocycles. The molecule has 0 amide bonds. The number of hydrogen-bond donors (Lipinski definition) is 1. The summed E-state index contributed by atoms with van der Waals surface area (Å²) < 4.78 is 6.58. The van der Waals surface area contributed by atoms with Crippen LogP contribution in [0.15, 0.2) is 12.2 Å². The summed E-state index contributed by atoms with van der Waals surface area (Å²) in [6.45, 7) is 11.4. The first-order chi connectivity index (χ1) is 11.3. The van der Waals surface area contributed by atoms with Crippen molar-refractivity contribution in [3.63, 3.8) is 0 Å². The lowest BCUT2D eigenvalue weighted by molar-refractivity contribution is -0.135. The maximum Gasteiger partial charge on any atom is 0.0623 e. The molecule has 0 aromatic heterocycles. The second-order valence-electron chi connectivity index (χ2n) is 10.4. The molecule has 9 atom stereocenters. The monoisotopic (exact) mass is 330 g/mol. The van der Waals surface area contributed by atoms with Crippen molar-refractivity contribution in [3.05, 3.63) is 12.2 Å². The van der Waals surface area contributed by atoms with Gasteiger partial charge in [-0.05, 0) is 94.3 Å². The Kier molecular flexibility index (Phi) is 3.10. The van der Waals surface area contributed by atoms with E-state index in [9.17, 15) is 5.11 Å². The van der Waals surface area contributed by atoms with Gasteiger partial charge in [0, 0.05) is 5.41 Å². The van der Waals surface area contributed by atoms with Gasteiger partial charge >= 0.3 is 0 Å². The molecule has 0 spiro atoms. The number of aliphatic hydroxyl groups is 1. The van der Waals surface area contributed by atoms with Crippen molar-refractivity contribution in [2.24, 2.45) is 34.5 Å². The third-order valence-corrected chi connectivity index (χ3v) is 9.62. The first-order valence-electron chi connectivity index (χ1n) is 10.3. The van der Waals surface area contributed by atoms with Gasteiger partial charge in [-0.3, -0.25) is 0 Å². The van der Waals surface area contributed by atoms with Gasteiger partial charge in [0.05, 0.1) is 17.8 Å². The van der Waals surface area contributed by atoms with Crippen molar-refractivity contribution in [3.8, 4) is 0 Å². The van der Waals surface area contributed by atoms with Gasteiger partial charge in [0.2, 0.25) is 0 Å². The number of fused-ring (bicyclic) bond motifs is 3. The normalized spacial score (nSPS) is 62.1. The Morgan fingerprint density at radius 3 is 2.67 bits per heavy atom. The largest absolute Gasteiger partial charge is 0.390 e. The molecule has 134 valence electrons. The number of hydrogen-bond acceptors (Lipinski definition) is 2. The SMILES string of the molecule is C=C1CC[C@H]2[C@@H]3C[C@H]4O[C@H](C)[C@@]5(CC[C@@](C)(O)CC45)C3CC[C@]12C. The molecular weight excluding hydrogens is 296 g/mol. The van der Waals surface area contributed by atoms with Crippen LogP contribution in [-0.2, 0) is 4.74 Å². The number of ether oxygens (including phenoxy) is 1.